The summed E-state index contributed by atoms with van der Waals surface area (Å²) in [7, 11) is 1.57. The molecule has 5 rings (SSSR count). The number of amides is 1. The molecule has 158 valence electrons. The van der Waals surface area contributed by atoms with Gasteiger partial charge in [-0.2, -0.15) is 0 Å². The molecule has 0 aliphatic carbocycles. The number of ether oxygens (including phenoxy) is 2. The molecular formula is C22H21N5O4. The van der Waals surface area contributed by atoms with Crippen LogP contribution in [0.2, 0.25) is 0 Å². The van der Waals surface area contributed by atoms with E-state index in [9.17, 15) is 9.59 Å². The van der Waals surface area contributed by atoms with Crippen LogP contribution in [0.4, 0.5) is 5.69 Å². The van der Waals surface area contributed by atoms with Crippen LogP contribution in [-0.2, 0) is 4.79 Å². The van der Waals surface area contributed by atoms with Crippen molar-refractivity contribution in [2.45, 2.75) is 19.8 Å². The highest BCUT2D eigenvalue weighted by Crippen LogP contribution is 2.38. The summed E-state index contributed by atoms with van der Waals surface area (Å²) in [4.78, 5) is 38.4. The number of fused-ring (bicyclic) bond motifs is 2. The Morgan fingerprint density at radius 1 is 1.19 bits per heavy atom. The van der Waals surface area contributed by atoms with Gasteiger partial charge in [0.15, 0.2) is 11.4 Å². The highest BCUT2D eigenvalue weighted by molar-refractivity contribution is 6.01. The minimum absolute atomic E-state index is 0.0517. The van der Waals surface area contributed by atoms with Crippen molar-refractivity contribution in [3.63, 3.8) is 0 Å². The lowest BCUT2D eigenvalue weighted by molar-refractivity contribution is -0.117. The first-order valence-electron chi connectivity index (χ1n) is 10.1. The van der Waals surface area contributed by atoms with Gasteiger partial charge in [0.05, 0.1) is 31.1 Å². The van der Waals surface area contributed by atoms with Gasteiger partial charge in [-0.15, -0.1) is 0 Å². The fourth-order valence-electron chi connectivity index (χ4n) is 4.12. The van der Waals surface area contributed by atoms with Crippen LogP contribution < -0.4 is 20.1 Å². The Kier molecular flexibility index (Phi) is 4.58. The first kappa shape index (κ1) is 19.1. The highest BCUT2D eigenvalue weighted by atomic mass is 16.5. The average molecular weight is 419 g/mol. The van der Waals surface area contributed by atoms with E-state index in [1.54, 1.807) is 30.5 Å². The maximum absolute atomic E-state index is 12.8. The SMILES string of the molecule is CCOc1ccnc2[nH]c(=O)n(-c3ccc4ncc(N5CCCC5=O)c(OC)c4c3)c12. The molecule has 0 spiro atoms. The smallest absolute Gasteiger partial charge is 0.332 e. The number of imidazole rings is 1. The summed E-state index contributed by atoms with van der Waals surface area (Å²) < 4.78 is 13.0. The second-order valence-electron chi connectivity index (χ2n) is 7.23. The minimum Gasteiger partial charge on any atom is -0.494 e. The van der Waals surface area contributed by atoms with E-state index in [1.807, 2.05) is 25.1 Å². The van der Waals surface area contributed by atoms with Gasteiger partial charge in [-0.05, 0) is 31.5 Å². The van der Waals surface area contributed by atoms with Crippen molar-refractivity contribution in [1.82, 2.24) is 19.5 Å². The molecule has 0 radical (unpaired) electrons. The predicted octanol–water partition coefficient (Wildman–Crippen LogP) is 2.80. The van der Waals surface area contributed by atoms with Gasteiger partial charge in [-0.1, -0.05) is 0 Å². The average Bonchev–Trinajstić information content (AvgIpc) is 3.35. The van der Waals surface area contributed by atoms with Crippen LogP contribution in [-0.4, -0.2) is 45.7 Å². The normalized spacial score (nSPS) is 14.0. The van der Waals surface area contributed by atoms with Crippen molar-refractivity contribution in [3.05, 3.63) is 47.1 Å². The van der Waals surface area contributed by atoms with Crippen molar-refractivity contribution in [2.24, 2.45) is 0 Å². The number of hydrogen-bond donors (Lipinski definition) is 1. The summed E-state index contributed by atoms with van der Waals surface area (Å²) in [6, 6.07) is 7.20. The summed E-state index contributed by atoms with van der Waals surface area (Å²) in [6.45, 7) is 2.98. The summed E-state index contributed by atoms with van der Waals surface area (Å²) in [6.07, 6.45) is 4.58. The molecule has 1 fully saturated rings. The Bertz CT molecular complexity index is 1370. The van der Waals surface area contributed by atoms with Gasteiger partial charge in [-0.25, -0.2) is 9.78 Å². The number of nitrogens with one attached hydrogen (secondary N) is 1. The number of carbonyl (C=O) groups is 1. The third-order valence-corrected chi connectivity index (χ3v) is 5.45. The Balaban J connectivity index is 1.75. The third-order valence-electron chi connectivity index (χ3n) is 5.45. The van der Waals surface area contributed by atoms with Crippen molar-refractivity contribution in [2.75, 3.05) is 25.2 Å². The molecule has 31 heavy (non-hydrogen) atoms. The van der Waals surface area contributed by atoms with Crippen LogP contribution in [0.3, 0.4) is 0 Å². The van der Waals surface area contributed by atoms with E-state index in [-0.39, 0.29) is 11.6 Å². The number of rotatable bonds is 5. The quantitative estimate of drug-likeness (QED) is 0.534. The van der Waals surface area contributed by atoms with E-state index in [1.165, 1.54) is 4.57 Å². The molecule has 0 atom stereocenters. The lowest BCUT2D eigenvalue weighted by atomic mass is 10.1. The molecule has 1 saturated heterocycles. The lowest BCUT2D eigenvalue weighted by Crippen LogP contribution is -2.24. The number of hydrogen-bond acceptors (Lipinski definition) is 6. The number of benzene rings is 1. The molecule has 0 unspecified atom stereocenters. The fraction of sp³-hybridized carbons (Fsp3) is 0.273. The van der Waals surface area contributed by atoms with Crippen LogP contribution in [0.5, 0.6) is 11.5 Å². The van der Waals surface area contributed by atoms with Gasteiger partial charge in [0.2, 0.25) is 5.91 Å². The second kappa shape index (κ2) is 7.42. The molecule has 0 saturated carbocycles. The predicted molar refractivity (Wildman–Crippen MR) is 116 cm³/mol. The summed E-state index contributed by atoms with van der Waals surface area (Å²) in [5.41, 5.74) is 2.63. The van der Waals surface area contributed by atoms with Gasteiger partial charge < -0.3 is 14.4 Å². The molecule has 4 aromatic rings. The maximum Gasteiger partial charge on any atom is 0.332 e. The molecular weight excluding hydrogens is 398 g/mol. The Hall–Kier alpha value is -3.88. The molecule has 1 amide bonds. The number of nitrogens with zero attached hydrogens (tertiary/aromatic N) is 4. The first-order valence-corrected chi connectivity index (χ1v) is 10.1. The van der Waals surface area contributed by atoms with Crippen LogP contribution in [0.15, 0.2) is 41.5 Å². The number of H-pyrrole nitrogens is 1. The molecule has 4 heterocycles. The Morgan fingerprint density at radius 3 is 2.81 bits per heavy atom. The second-order valence-corrected chi connectivity index (χ2v) is 7.23. The molecule has 9 heteroatoms. The maximum atomic E-state index is 12.8. The lowest BCUT2D eigenvalue weighted by Gasteiger charge is -2.20. The van der Waals surface area contributed by atoms with Crippen molar-refractivity contribution in [3.8, 4) is 17.2 Å². The monoisotopic (exact) mass is 419 g/mol. The standard InChI is InChI=1S/C22H21N5O4/c1-3-31-17-8-9-23-21-19(17)27(22(29)25-21)13-6-7-15-14(11-13)20(30-2)16(12-24-15)26-10-4-5-18(26)28/h6-9,11-12H,3-5,10H2,1-2H3,(H,23,25,29). The number of pyridine rings is 2. The van der Waals surface area contributed by atoms with Crippen LogP contribution >= 0.6 is 0 Å². The molecule has 1 aliphatic rings. The number of aromatic nitrogens is 4. The minimum atomic E-state index is -0.327. The van der Waals surface area contributed by atoms with Crippen LogP contribution in [0, 0.1) is 0 Å². The topological polar surface area (TPSA) is 102 Å². The van der Waals surface area contributed by atoms with Crippen molar-refractivity contribution >= 4 is 33.7 Å². The van der Waals surface area contributed by atoms with E-state index in [0.29, 0.717) is 64.5 Å². The van der Waals surface area contributed by atoms with E-state index < -0.39 is 0 Å². The van der Waals surface area contributed by atoms with E-state index in [2.05, 4.69) is 15.0 Å². The van der Waals surface area contributed by atoms with Gasteiger partial charge in [-0.3, -0.25) is 19.3 Å². The number of aromatic amines is 1. The first-order chi connectivity index (χ1) is 15.1. The summed E-state index contributed by atoms with van der Waals surface area (Å²) in [5.74, 6) is 1.17. The van der Waals surface area contributed by atoms with E-state index >= 15 is 0 Å². The Morgan fingerprint density at radius 2 is 2.06 bits per heavy atom. The van der Waals surface area contributed by atoms with Crippen LogP contribution in [0.1, 0.15) is 19.8 Å². The van der Waals surface area contributed by atoms with Crippen molar-refractivity contribution < 1.29 is 14.3 Å². The highest BCUT2D eigenvalue weighted by Gasteiger charge is 2.26. The summed E-state index contributed by atoms with van der Waals surface area (Å²) >= 11 is 0. The third kappa shape index (κ3) is 3.00. The molecule has 1 aliphatic heterocycles. The molecule has 1 aromatic carbocycles. The molecule has 3 aromatic heterocycles. The van der Waals surface area contributed by atoms with E-state index in [0.717, 1.165) is 6.42 Å². The van der Waals surface area contributed by atoms with Crippen molar-refractivity contribution in [1.29, 1.82) is 0 Å². The molecule has 0 bridgehead atoms. The summed E-state index contributed by atoms with van der Waals surface area (Å²) in [5, 5.41) is 0.709. The van der Waals surface area contributed by atoms with E-state index in [4.69, 9.17) is 9.47 Å². The Labute approximate surface area is 177 Å². The number of carbonyl (C=O) groups excluding carboxylic acids is 1. The van der Waals surface area contributed by atoms with Gasteiger partial charge in [0.25, 0.3) is 0 Å². The number of methoxy groups -OCH3 is 1. The van der Waals surface area contributed by atoms with Crippen LogP contribution in [0.25, 0.3) is 27.8 Å². The van der Waals surface area contributed by atoms with Gasteiger partial charge >= 0.3 is 5.69 Å². The van der Waals surface area contributed by atoms with Gasteiger partial charge in [0.1, 0.15) is 17.0 Å². The molecule has 9 nitrogen and oxygen atoms in total. The zero-order chi connectivity index (χ0) is 21.5. The zero-order valence-electron chi connectivity index (χ0n) is 17.2. The fourth-order valence-corrected chi connectivity index (χ4v) is 4.12. The van der Waals surface area contributed by atoms with Gasteiger partial charge in [0, 0.05) is 30.6 Å². The number of anilines is 1. The largest absolute Gasteiger partial charge is 0.494 e. The molecule has 1 N–H and O–H groups in total. The zero-order valence-corrected chi connectivity index (χ0v) is 17.2.